The predicted molar refractivity (Wildman–Crippen MR) is 99.1 cm³/mol. The van der Waals surface area contributed by atoms with Crippen LogP contribution in [0.25, 0.3) is 0 Å². The van der Waals surface area contributed by atoms with E-state index < -0.39 is 26.9 Å². The number of thiazole rings is 1. The largest absolute Gasteiger partial charge is 0.300 e. The molecule has 2 heterocycles. The number of amides is 1. The number of rotatable bonds is 7. The minimum absolute atomic E-state index is 0.0176. The Morgan fingerprint density at radius 2 is 2.14 bits per heavy atom. The fraction of sp³-hybridized carbons (Fsp3) is 0.529. The Hall–Kier alpha value is -2.14. The predicted octanol–water partition coefficient (Wildman–Crippen LogP) is 2.35. The second-order valence-electron chi connectivity index (χ2n) is 7.26. The molecule has 0 aliphatic heterocycles. The average Bonchev–Trinajstić information content (AvgIpc) is 3.04. The molecule has 0 bridgehead atoms. The molecular weight excluding hydrogens is 407 g/mol. The van der Waals surface area contributed by atoms with Crippen molar-refractivity contribution in [3.63, 3.8) is 0 Å². The van der Waals surface area contributed by atoms with E-state index in [-0.39, 0.29) is 27.0 Å². The van der Waals surface area contributed by atoms with Crippen molar-refractivity contribution in [1.29, 1.82) is 0 Å². The van der Waals surface area contributed by atoms with Crippen LogP contribution in [-0.2, 0) is 19.4 Å². The Morgan fingerprint density at radius 1 is 1.36 bits per heavy atom. The highest BCUT2D eigenvalue weighted by atomic mass is 32.2. The zero-order chi connectivity index (χ0) is 19.9. The smallest absolute Gasteiger partial charge is 0.251 e. The number of carbonyl (C=O) groups is 2. The Bertz CT molecular complexity index is 1010. The van der Waals surface area contributed by atoms with E-state index in [4.69, 9.17) is 0 Å². The van der Waals surface area contributed by atoms with E-state index in [0.717, 1.165) is 6.20 Å². The molecular formula is C17H19FN4O4S2. The molecule has 0 unspecified atom stereocenters. The first-order valence-corrected chi connectivity index (χ1v) is 11.4. The quantitative estimate of drug-likeness (QED) is 0.728. The van der Waals surface area contributed by atoms with Gasteiger partial charge in [0.2, 0.25) is 0 Å². The molecule has 2 aliphatic carbocycles. The number of hydrogen-bond acceptors (Lipinski definition) is 7. The zero-order valence-electron chi connectivity index (χ0n) is 14.9. The van der Waals surface area contributed by atoms with E-state index in [1.807, 2.05) is 0 Å². The van der Waals surface area contributed by atoms with E-state index in [1.165, 1.54) is 17.1 Å². The van der Waals surface area contributed by atoms with Crippen LogP contribution in [0.3, 0.4) is 0 Å². The number of aromatic nitrogens is 3. The first-order valence-electron chi connectivity index (χ1n) is 9.05. The number of sulfone groups is 1. The maximum Gasteiger partial charge on any atom is 0.251 e. The fourth-order valence-electron chi connectivity index (χ4n) is 3.45. The molecule has 0 aromatic carbocycles. The summed E-state index contributed by atoms with van der Waals surface area (Å²) in [5.74, 6) is -0.292. The standard InChI is InChI=1S/C17H19FN4O4S2/c18-15-8-19-17(27-15)21-16(24)14(6-10-1-2-11(23)5-10)22-9-13(7-20-22)28(25,26)12-3-4-12/h7-10,12,14H,1-6H2,(H,19,21,24)/t10-,14-/m0/s1. The molecule has 11 heteroatoms. The summed E-state index contributed by atoms with van der Waals surface area (Å²) in [6.45, 7) is 0. The fourth-order valence-corrected chi connectivity index (χ4v) is 5.59. The lowest BCUT2D eigenvalue weighted by molar-refractivity contribution is -0.121. The normalized spacial score (nSPS) is 21.0. The van der Waals surface area contributed by atoms with Crippen LogP contribution >= 0.6 is 11.3 Å². The second-order valence-corrected chi connectivity index (χ2v) is 10.5. The molecule has 28 heavy (non-hydrogen) atoms. The molecule has 8 nitrogen and oxygen atoms in total. The number of halogens is 1. The topological polar surface area (TPSA) is 111 Å². The maximum atomic E-state index is 13.2. The molecule has 2 aliphatic rings. The third-order valence-electron chi connectivity index (χ3n) is 5.10. The Morgan fingerprint density at radius 3 is 2.75 bits per heavy atom. The van der Waals surface area contributed by atoms with E-state index in [2.05, 4.69) is 15.4 Å². The molecule has 2 aromatic heterocycles. The van der Waals surface area contributed by atoms with Crippen LogP contribution in [0.5, 0.6) is 0 Å². The number of anilines is 1. The first-order chi connectivity index (χ1) is 13.3. The van der Waals surface area contributed by atoms with Gasteiger partial charge in [0.15, 0.2) is 20.1 Å². The van der Waals surface area contributed by atoms with Gasteiger partial charge in [-0.1, -0.05) is 11.3 Å². The Balaban J connectivity index is 1.58. The molecule has 0 spiro atoms. The van der Waals surface area contributed by atoms with Crippen molar-refractivity contribution in [1.82, 2.24) is 14.8 Å². The van der Waals surface area contributed by atoms with Gasteiger partial charge in [-0.25, -0.2) is 13.4 Å². The summed E-state index contributed by atoms with van der Waals surface area (Å²) in [6.07, 6.45) is 6.82. The van der Waals surface area contributed by atoms with Gasteiger partial charge in [-0.2, -0.15) is 9.49 Å². The lowest BCUT2D eigenvalue weighted by Crippen LogP contribution is -2.28. The van der Waals surface area contributed by atoms with Crippen molar-refractivity contribution in [2.75, 3.05) is 5.32 Å². The Kier molecular flexibility index (Phi) is 5.04. The summed E-state index contributed by atoms with van der Waals surface area (Å²) in [4.78, 5) is 28.3. The number of ketones is 1. The number of nitrogens with one attached hydrogen (secondary N) is 1. The van der Waals surface area contributed by atoms with Crippen molar-refractivity contribution < 1.29 is 22.4 Å². The lowest BCUT2D eigenvalue weighted by Gasteiger charge is -2.19. The molecule has 2 saturated carbocycles. The van der Waals surface area contributed by atoms with Crippen molar-refractivity contribution in [2.24, 2.45) is 5.92 Å². The van der Waals surface area contributed by atoms with E-state index in [1.54, 1.807) is 0 Å². The minimum atomic E-state index is -3.42. The van der Waals surface area contributed by atoms with Crippen molar-refractivity contribution >= 4 is 38.0 Å². The van der Waals surface area contributed by atoms with Crippen LogP contribution in [0.1, 0.15) is 44.6 Å². The van der Waals surface area contributed by atoms with Crippen molar-refractivity contribution in [2.45, 2.75) is 54.7 Å². The molecule has 0 radical (unpaired) electrons. The highest BCUT2D eigenvalue weighted by Crippen LogP contribution is 2.35. The number of hydrogen-bond donors (Lipinski definition) is 1. The van der Waals surface area contributed by atoms with Gasteiger partial charge in [-0.3, -0.25) is 14.3 Å². The monoisotopic (exact) mass is 426 g/mol. The van der Waals surface area contributed by atoms with Gasteiger partial charge in [-0.15, -0.1) is 0 Å². The van der Waals surface area contributed by atoms with Gasteiger partial charge in [0.05, 0.1) is 17.6 Å². The summed E-state index contributed by atoms with van der Waals surface area (Å²) in [7, 11) is -3.42. The van der Waals surface area contributed by atoms with Gasteiger partial charge in [0, 0.05) is 19.0 Å². The van der Waals surface area contributed by atoms with Crippen LogP contribution in [0.2, 0.25) is 0 Å². The molecule has 2 fully saturated rings. The summed E-state index contributed by atoms with van der Waals surface area (Å²) in [5.41, 5.74) is 0. The third-order valence-corrected chi connectivity index (χ3v) is 8.02. The highest BCUT2D eigenvalue weighted by molar-refractivity contribution is 7.92. The summed E-state index contributed by atoms with van der Waals surface area (Å²) in [6, 6.07) is -0.814. The van der Waals surface area contributed by atoms with Crippen molar-refractivity contribution in [3.8, 4) is 0 Å². The van der Waals surface area contributed by atoms with E-state index in [9.17, 15) is 22.4 Å². The molecule has 2 aromatic rings. The maximum absolute atomic E-state index is 13.2. The van der Waals surface area contributed by atoms with Crippen LogP contribution in [-0.4, -0.2) is 40.1 Å². The lowest BCUT2D eigenvalue weighted by atomic mass is 9.98. The average molecular weight is 426 g/mol. The summed E-state index contributed by atoms with van der Waals surface area (Å²) < 4.78 is 39.4. The third kappa shape index (κ3) is 4.00. The van der Waals surface area contributed by atoms with Gasteiger partial charge in [0.1, 0.15) is 16.7 Å². The second kappa shape index (κ2) is 7.36. The summed E-state index contributed by atoms with van der Waals surface area (Å²) >= 11 is 0.704. The molecule has 0 saturated heterocycles. The zero-order valence-corrected chi connectivity index (χ0v) is 16.5. The van der Waals surface area contributed by atoms with Crippen molar-refractivity contribution in [3.05, 3.63) is 23.7 Å². The number of nitrogens with zero attached hydrogens (tertiary/aromatic N) is 3. The first kappa shape index (κ1) is 19.2. The van der Waals surface area contributed by atoms with Crippen LogP contribution < -0.4 is 5.32 Å². The van der Waals surface area contributed by atoms with Gasteiger partial charge in [-0.05, 0) is 31.6 Å². The molecule has 2 atom stereocenters. The van der Waals surface area contributed by atoms with Crippen LogP contribution in [0.15, 0.2) is 23.5 Å². The molecule has 1 N–H and O–H groups in total. The highest BCUT2D eigenvalue weighted by Gasteiger charge is 2.38. The number of Topliss-reactive ketones (excluding diaryl/α,β-unsaturated/α-hetero) is 1. The van der Waals surface area contributed by atoms with Crippen LogP contribution in [0, 0.1) is 11.0 Å². The van der Waals surface area contributed by atoms with Gasteiger partial charge >= 0.3 is 0 Å². The molecule has 1 amide bonds. The van der Waals surface area contributed by atoms with E-state index in [0.29, 0.717) is 49.9 Å². The number of carbonyl (C=O) groups excluding carboxylic acids is 2. The van der Waals surface area contributed by atoms with E-state index >= 15 is 0 Å². The van der Waals surface area contributed by atoms with Crippen LogP contribution in [0.4, 0.5) is 9.52 Å². The molecule has 150 valence electrons. The summed E-state index contributed by atoms with van der Waals surface area (Å²) in [5, 5.41) is 5.91. The Labute approximate surface area is 165 Å². The van der Waals surface area contributed by atoms with Gasteiger partial charge in [0.25, 0.3) is 5.91 Å². The minimum Gasteiger partial charge on any atom is -0.300 e. The molecule has 4 rings (SSSR count). The SMILES string of the molecule is O=C1CC[C@H](C[C@@H](C(=O)Nc2ncc(F)s2)n2cc(S(=O)(=O)C3CC3)cn2)C1. The van der Waals surface area contributed by atoms with Gasteiger partial charge < -0.3 is 5.32 Å².